The van der Waals surface area contributed by atoms with Crippen LogP contribution in [0.15, 0.2) is 0 Å². The van der Waals surface area contributed by atoms with Crippen molar-refractivity contribution in [2.45, 2.75) is 36.7 Å². The van der Waals surface area contributed by atoms with Gasteiger partial charge in [0.05, 0.1) is 0 Å². The SMILES string of the molecule is O=C(O)C(F)(F)C(F)C(F)(F)OC(F)C(F)(F)C(F)(F)F. The second-order valence-electron chi connectivity index (χ2n) is 3.41. The molecule has 0 spiro atoms. The van der Waals surface area contributed by atoms with Crippen LogP contribution in [0.2, 0.25) is 0 Å². The first-order valence-electron chi connectivity index (χ1n) is 4.37. The van der Waals surface area contributed by atoms with E-state index < -0.39 is 42.6 Å². The van der Waals surface area contributed by atoms with E-state index in [1.807, 2.05) is 4.74 Å². The third-order valence-electron chi connectivity index (χ3n) is 1.82. The van der Waals surface area contributed by atoms with Crippen LogP contribution in [-0.4, -0.2) is 47.7 Å². The molecule has 0 aromatic rings. The maximum atomic E-state index is 12.6. The van der Waals surface area contributed by atoms with E-state index in [0.717, 1.165) is 0 Å². The number of carboxylic acids is 1. The fourth-order valence-electron chi connectivity index (χ4n) is 0.720. The fourth-order valence-corrected chi connectivity index (χ4v) is 0.720. The van der Waals surface area contributed by atoms with E-state index >= 15 is 0 Å². The molecule has 2 atom stereocenters. The molecule has 3 nitrogen and oxygen atoms in total. The number of carbonyl (C=O) groups is 1. The average molecular weight is 344 g/mol. The molecule has 0 aliphatic heterocycles. The molecule has 126 valence electrons. The summed E-state index contributed by atoms with van der Waals surface area (Å²) in [4.78, 5) is 9.75. The molecule has 0 bridgehead atoms. The minimum atomic E-state index is -6.75. The van der Waals surface area contributed by atoms with Crippen LogP contribution in [0.1, 0.15) is 0 Å². The van der Waals surface area contributed by atoms with Crippen LogP contribution in [0, 0.1) is 0 Å². The van der Waals surface area contributed by atoms with E-state index in [9.17, 15) is 53.1 Å². The van der Waals surface area contributed by atoms with E-state index in [1.54, 1.807) is 0 Å². The molecule has 0 rings (SSSR count). The number of rotatable bonds is 6. The van der Waals surface area contributed by atoms with Gasteiger partial charge in [0.15, 0.2) is 0 Å². The van der Waals surface area contributed by atoms with E-state index in [1.165, 1.54) is 0 Å². The van der Waals surface area contributed by atoms with Gasteiger partial charge in [-0.15, -0.1) is 0 Å². The number of aliphatic carboxylic acids is 1. The lowest BCUT2D eigenvalue weighted by molar-refractivity contribution is -0.405. The Labute approximate surface area is 107 Å². The summed E-state index contributed by atoms with van der Waals surface area (Å²) in [5.74, 6) is -16.0. The molecule has 14 heteroatoms. The van der Waals surface area contributed by atoms with Gasteiger partial charge in [-0.1, -0.05) is 0 Å². The topological polar surface area (TPSA) is 46.5 Å². The molecule has 1 N–H and O–H groups in total. The first-order valence-corrected chi connectivity index (χ1v) is 4.37. The van der Waals surface area contributed by atoms with E-state index in [2.05, 4.69) is 0 Å². The standard InChI is InChI=1S/C7H3F11O3/c8-1(4(10,11)3(19)20)6(14,15)21-2(9)5(12,13)7(16,17)18/h1-2H,(H,19,20). The number of alkyl halides is 11. The molecule has 0 fully saturated rings. The molecule has 0 radical (unpaired) electrons. The van der Waals surface area contributed by atoms with Crippen molar-refractivity contribution >= 4 is 5.97 Å². The summed E-state index contributed by atoms with van der Waals surface area (Å²) >= 11 is 0. The molecule has 0 saturated carbocycles. The van der Waals surface area contributed by atoms with Crippen molar-refractivity contribution in [2.75, 3.05) is 0 Å². The normalized spacial score (nSPS) is 17.5. The Kier molecular flexibility index (Phi) is 5.11. The summed E-state index contributed by atoms with van der Waals surface area (Å²) < 4.78 is 136. The van der Waals surface area contributed by atoms with Crippen molar-refractivity contribution in [3.63, 3.8) is 0 Å². The molecular weight excluding hydrogens is 341 g/mol. The highest BCUT2D eigenvalue weighted by atomic mass is 19.4. The van der Waals surface area contributed by atoms with Crippen molar-refractivity contribution in [1.29, 1.82) is 0 Å². The van der Waals surface area contributed by atoms with Crippen LogP contribution < -0.4 is 0 Å². The average Bonchev–Trinajstić information content (AvgIpc) is 2.25. The molecule has 0 aromatic carbocycles. The quantitative estimate of drug-likeness (QED) is 0.753. The zero-order valence-corrected chi connectivity index (χ0v) is 9.08. The number of carboxylic acid groups (broad SMARTS) is 1. The van der Waals surface area contributed by atoms with E-state index in [0.29, 0.717) is 0 Å². The maximum absolute atomic E-state index is 12.6. The van der Waals surface area contributed by atoms with Gasteiger partial charge in [0.2, 0.25) is 0 Å². The summed E-state index contributed by atoms with van der Waals surface area (Å²) in [6, 6.07) is 0. The zero-order chi connectivity index (χ0) is 17.4. The number of hydrogen-bond donors (Lipinski definition) is 1. The third kappa shape index (κ3) is 3.85. The minimum Gasteiger partial charge on any atom is -0.477 e. The van der Waals surface area contributed by atoms with E-state index in [-0.39, 0.29) is 0 Å². The van der Waals surface area contributed by atoms with Crippen molar-refractivity contribution in [2.24, 2.45) is 0 Å². The molecule has 0 amide bonds. The second-order valence-corrected chi connectivity index (χ2v) is 3.41. The van der Waals surface area contributed by atoms with Crippen LogP contribution in [0.3, 0.4) is 0 Å². The lowest BCUT2D eigenvalue weighted by atomic mass is 10.2. The van der Waals surface area contributed by atoms with Gasteiger partial charge in [-0.2, -0.15) is 39.5 Å². The number of halogens is 11. The highest BCUT2D eigenvalue weighted by Gasteiger charge is 2.69. The Hall–Kier alpha value is -1.34. The lowest BCUT2D eigenvalue weighted by Gasteiger charge is -2.29. The Balaban J connectivity index is 5.27. The molecule has 21 heavy (non-hydrogen) atoms. The highest BCUT2D eigenvalue weighted by molar-refractivity contribution is 5.76. The van der Waals surface area contributed by atoms with Gasteiger partial charge in [0.1, 0.15) is 0 Å². The first kappa shape index (κ1) is 19.7. The summed E-state index contributed by atoms with van der Waals surface area (Å²) in [6.07, 6.45) is -23.5. The first-order chi connectivity index (χ1) is 8.98. The van der Waals surface area contributed by atoms with Crippen LogP contribution in [0.25, 0.3) is 0 Å². The van der Waals surface area contributed by atoms with Gasteiger partial charge >= 0.3 is 30.1 Å². The Morgan fingerprint density at radius 3 is 1.57 bits per heavy atom. The highest BCUT2D eigenvalue weighted by Crippen LogP contribution is 2.43. The van der Waals surface area contributed by atoms with Crippen LogP contribution in [0.5, 0.6) is 0 Å². The lowest BCUT2D eigenvalue weighted by Crippen LogP contribution is -2.55. The second kappa shape index (κ2) is 5.46. The molecule has 0 heterocycles. The predicted molar refractivity (Wildman–Crippen MR) is 39.4 cm³/mol. The van der Waals surface area contributed by atoms with Gasteiger partial charge in [0, 0.05) is 0 Å². The monoisotopic (exact) mass is 344 g/mol. The third-order valence-corrected chi connectivity index (χ3v) is 1.82. The summed E-state index contributed by atoms with van der Waals surface area (Å²) in [6.45, 7) is 0. The molecule has 0 aliphatic carbocycles. The van der Waals surface area contributed by atoms with Crippen molar-refractivity contribution in [3.05, 3.63) is 0 Å². The van der Waals surface area contributed by atoms with Crippen LogP contribution >= 0.6 is 0 Å². The zero-order valence-electron chi connectivity index (χ0n) is 9.08. The Morgan fingerprint density at radius 1 is 0.905 bits per heavy atom. The van der Waals surface area contributed by atoms with E-state index in [4.69, 9.17) is 5.11 Å². The number of hydrogen-bond acceptors (Lipinski definition) is 2. The molecule has 0 saturated heterocycles. The largest absolute Gasteiger partial charge is 0.477 e. The summed E-state index contributed by atoms with van der Waals surface area (Å²) in [7, 11) is 0. The van der Waals surface area contributed by atoms with Crippen molar-refractivity contribution in [3.8, 4) is 0 Å². The Bertz CT molecular complexity index is 390. The predicted octanol–water partition coefficient (Wildman–Crippen LogP) is 3.15. The van der Waals surface area contributed by atoms with Gasteiger partial charge in [-0.05, 0) is 0 Å². The summed E-state index contributed by atoms with van der Waals surface area (Å²) in [5, 5.41) is 7.70. The smallest absolute Gasteiger partial charge is 0.459 e. The number of ether oxygens (including phenoxy) is 1. The molecular formula is C7H3F11O3. The molecule has 0 aliphatic rings. The van der Waals surface area contributed by atoms with Crippen molar-refractivity contribution < 1.29 is 62.9 Å². The summed E-state index contributed by atoms with van der Waals surface area (Å²) in [5.41, 5.74) is 0. The fraction of sp³-hybridized carbons (Fsp3) is 0.857. The minimum absolute atomic E-state index is 2.04. The van der Waals surface area contributed by atoms with Gasteiger partial charge in [0.25, 0.3) is 12.5 Å². The van der Waals surface area contributed by atoms with Gasteiger partial charge < -0.3 is 5.11 Å². The maximum Gasteiger partial charge on any atom is 0.459 e. The molecule has 2 unspecified atom stereocenters. The van der Waals surface area contributed by atoms with Crippen LogP contribution in [0.4, 0.5) is 48.3 Å². The van der Waals surface area contributed by atoms with Crippen molar-refractivity contribution in [1.82, 2.24) is 0 Å². The van der Waals surface area contributed by atoms with Gasteiger partial charge in [-0.25, -0.2) is 13.6 Å². The van der Waals surface area contributed by atoms with Crippen LogP contribution in [-0.2, 0) is 9.53 Å². The van der Waals surface area contributed by atoms with Gasteiger partial charge in [-0.3, -0.25) is 4.74 Å². The Morgan fingerprint density at radius 2 is 1.29 bits per heavy atom. The molecule has 0 aromatic heterocycles.